The number of aromatic nitrogens is 1. The number of hydrogen-bond donors (Lipinski definition) is 2. The molecule has 0 aliphatic rings. The molecular formula is C14H16BrN3O. The maximum Gasteiger partial charge on any atom is 0.141 e. The van der Waals surface area contributed by atoms with Crippen molar-refractivity contribution in [3.8, 4) is 5.75 Å². The quantitative estimate of drug-likeness (QED) is 0.656. The number of pyridine rings is 1. The molecule has 5 heteroatoms. The van der Waals surface area contributed by atoms with E-state index in [0.717, 1.165) is 22.2 Å². The zero-order valence-electron chi connectivity index (χ0n) is 10.6. The second-order valence-corrected chi connectivity index (χ2v) is 5.08. The minimum Gasteiger partial charge on any atom is -0.495 e. The number of ether oxygens (including phenoxy) is 1. The van der Waals surface area contributed by atoms with Crippen molar-refractivity contribution in [2.75, 3.05) is 7.11 Å². The maximum absolute atomic E-state index is 5.67. The van der Waals surface area contributed by atoms with Crippen LogP contribution in [0.4, 0.5) is 0 Å². The number of halogens is 1. The van der Waals surface area contributed by atoms with Gasteiger partial charge in [-0.2, -0.15) is 0 Å². The largest absolute Gasteiger partial charge is 0.495 e. The highest BCUT2D eigenvalue weighted by molar-refractivity contribution is 9.10. The van der Waals surface area contributed by atoms with Crippen LogP contribution in [0.2, 0.25) is 0 Å². The minimum atomic E-state index is -0.0147. The number of benzene rings is 1. The zero-order chi connectivity index (χ0) is 13.7. The molecule has 1 heterocycles. The van der Waals surface area contributed by atoms with Crippen LogP contribution in [-0.4, -0.2) is 12.1 Å². The van der Waals surface area contributed by atoms with Crippen LogP contribution in [0.25, 0.3) is 0 Å². The van der Waals surface area contributed by atoms with E-state index < -0.39 is 0 Å². The molecule has 2 aromatic rings. The topological polar surface area (TPSA) is 60.2 Å². The average Bonchev–Trinajstić information content (AvgIpc) is 2.46. The summed E-state index contributed by atoms with van der Waals surface area (Å²) in [6.07, 6.45) is 4.22. The van der Waals surface area contributed by atoms with Gasteiger partial charge in [-0.3, -0.25) is 16.3 Å². The van der Waals surface area contributed by atoms with Gasteiger partial charge in [0.05, 0.1) is 19.3 Å². The van der Waals surface area contributed by atoms with Crippen LogP contribution in [0.3, 0.4) is 0 Å². The van der Waals surface area contributed by atoms with E-state index in [-0.39, 0.29) is 6.04 Å². The predicted octanol–water partition coefficient (Wildman–Crippen LogP) is 2.60. The number of hydrazine groups is 1. The Morgan fingerprint density at radius 1 is 1.32 bits per heavy atom. The van der Waals surface area contributed by atoms with E-state index in [4.69, 9.17) is 10.6 Å². The molecule has 0 saturated heterocycles. The molecular weight excluding hydrogens is 306 g/mol. The standard InChI is InChI=1S/C14H16BrN3O/c1-19-14-9-17-7-6-12(14)13(18-16)8-10-2-4-11(15)5-3-10/h2-7,9,13,18H,8,16H2,1H3. The van der Waals surface area contributed by atoms with E-state index in [1.807, 2.05) is 18.2 Å². The summed E-state index contributed by atoms with van der Waals surface area (Å²) in [7, 11) is 1.63. The van der Waals surface area contributed by atoms with Crippen molar-refractivity contribution in [1.29, 1.82) is 0 Å². The molecule has 1 aromatic heterocycles. The molecule has 1 atom stereocenters. The lowest BCUT2D eigenvalue weighted by atomic mass is 10.00. The summed E-state index contributed by atoms with van der Waals surface area (Å²) < 4.78 is 6.38. The van der Waals surface area contributed by atoms with E-state index in [1.165, 1.54) is 5.56 Å². The Hall–Kier alpha value is -1.43. The van der Waals surface area contributed by atoms with E-state index in [9.17, 15) is 0 Å². The van der Waals surface area contributed by atoms with Gasteiger partial charge in [0.25, 0.3) is 0 Å². The van der Waals surface area contributed by atoms with Crippen LogP contribution in [0, 0.1) is 0 Å². The molecule has 0 saturated carbocycles. The third-order valence-corrected chi connectivity index (χ3v) is 3.49. The Labute approximate surface area is 121 Å². The lowest BCUT2D eigenvalue weighted by molar-refractivity contribution is 0.397. The highest BCUT2D eigenvalue weighted by atomic mass is 79.9. The molecule has 1 unspecified atom stereocenters. The van der Waals surface area contributed by atoms with Gasteiger partial charge in [-0.05, 0) is 30.2 Å². The Balaban J connectivity index is 2.22. The van der Waals surface area contributed by atoms with Crippen LogP contribution < -0.4 is 16.0 Å². The Morgan fingerprint density at radius 2 is 2.05 bits per heavy atom. The molecule has 19 heavy (non-hydrogen) atoms. The normalized spacial score (nSPS) is 12.2. The summed E-state index contributed by atoms with van der Waals surface area (Å²) in [5, 5.41) is 0. The molecule has 100 valence electrons. The predicted molar refractivity (Wildman–Crippen MR) is 78.7 cm³/mol. The first kappa shape index (κ1) is 14.0. The lowest BCUT2D eigenvalue weighted by Crippen LogP contribution is -2.30. The Bertz CT molecular complexity index is 530. The van der Waals surface area contributed by atoms with Crippen molar-refractivity contribution in [3.63, 3.8) is 0 Å². The number of rotatable bonds is 5. The molecule has 4 nitrogen and oxygen atoms in total. The molecule has 0 spiro atoms. The molecule has 0 aliphatic carbocycles. The average molecular weight is 322 g/mol. The molecule has 0 aliphatic heterocycles. The SMILES string of the molecule is COc1cnccc1C(Cc1ccc(Br)cc1)NN. The van der Waals surface area contributed by atoms with Crippen LogP contribution in [0.15, 0.2) is 47.2 Å². The molecule has 1 aromatic carbocycles. The first-order valence-corrected chi connectivity index (χ1v) is 6.72. The van der Waals surface area contributed by atoms with Gasteiger partial charge in [-0.1, -0.05) is 28.1 Å². The van der Waals surface area contributed by atoms with E-state index >= 15 is 0 Å². The fourth-order valence-corrected chi connectivity index (χ4v) is 2.23. The van der Waals surface area contributed by atoms with Gasteiger partial charge >= 0.3 is 0 Å². The minimum absolute atomic E-state index is 0.0147. The van der Waals surface area contributed by atoms with Gasteiger partial charge in [0, 0.05) is 16.2 Å². The van der Waals surface area contributed by atoms with Crippen molar-refractivity contribution in [3.05, 3.63) is 58.3 Å². The Kier molecular flexibility index (Phi) is 4.90. The smallest absolute Gasteiger partial charge is 0.141 e. The van der Waals surface area contributed by atoms with Gasteiger partial charge in [0.2, 0.25) is 0 Å². The number of hydrogen-bond acceptors (Lipinski definition) is 4. The van der Waals surface area contributed by atoms with E-state index in [1.54, 1.807) is 19.5 Å². The fourth-order valence-electron chi connectivity index (χ4n) is 1.96. The number of nitrogens with two attached hydrogens (primary N) is 1. The van der Waals surface area contributed by atoms with Crippen molar-refractivity contribution < 1.29 is 4.74 Å². The molecule has 0 fully saturated rings. The zero-order valence-corrected chi connectivity index (χ0v) is 12.2. The molecule has 0 bridgehead atoms. The summed E-state index contributed by atoms with van der Waals surface area (Å²) in [4.78, 5) is 4.05. The second kappa shape index (κ2) is 6.65. The summed E-state index contributed by atoms with van der Waals surface area (Å²) >= 11 is 3.43. The number of nitrogens with zero attached hydrogens (tertiary/aromatic N) is 1. The highest BCUT2D eigenvalue weighted by Crippen LogP contribution is 2.26. The van der Waals surface area contributed by atoms with Crippen LogP contribution in [-0.2, 0) is 6.42 Å². The molecule has 2 rings (SSSR count). The summed E-state index contributed by atoms with van der Waals surface area (Å²) in [5.74, 6) is 6.41. The van der Waals surface area contributed by atoms with Crippen LogP contribution in [0.5, 0.6) is 5.75 Å². The molecule has 3 N–H and O–H groups in total. The Morgan fingerprint density at radius 3 is 2.68 bits per heavy atom. The van der Waals surface area contributed by atoms with E-state index in [0.29, 0.717) is 0 Å². The number of methoxy groups -OCH3 is 1. The van der Waals surface area contributed by atoms with Crippen molar-refractivity contribution in [2.24, 2.45) is 5.84 Å². The molecule has 0 amide bonds. The first-order chi connectivity index (χ1) is 9.24. The van der Waals surface area contributed by atoms with Gasteiger partial charge in [0.1, 0.15) is 5.75 Å². The van der Waals surface area contributed by atoms with Crippen LogP contribution in [0.1, 0.15) is 17.2 Å². The summed E-state index contributed by atoms with van der Waals surface area (Å²) in [6, 6.07) is 10.1. The van der Waals surface area contributed by atoms with E-state index in [2.05, 4.69) is 38.5 Å². The van der Waals surface area contributed by atoms with Crippen LogP contribution >= 0.6 is 15.9 Å². The van der Waals surface area contributed by atoms with Crippen molar-refractivity contribution in [2.45, 2.75) is 12.5 Å². The number of nitrogens with one attached hydrogen (secondary N) is 1. The first-order valence-electron chi connectivity index (χ1n) is 5.93. The highest BCUT2D eigenvalue weighted by Gasteiger charge is 2.15. The lowest BCUT2D eigenvalue weighted by Gasteiger charge is -2.18. The maximum atomic E-state index is 5.67. The van der Waals surface area contributed by atoms with Gasteiger partial charge < -0.3 is 4.74 Å². The van der Waals surface area contributed by atoms with Gasteiger partial charge in [-0.25, -0.2) is 0 Å². The van der Waals surface area contributed by atoms with Crippen molar-refractivity contribution in [1.82, 2.24) is 10.4 Å². The third kappa shape index (κ3) is 3.53. The summed E-state index contributed by atoms with van der Waals surface area (Å²) in [6.45, 7) is 0. The summed E-state index contributed by atoms with van der Waals surface area (Å²) in [5.41, 5.74) is 5.04. The fraction of sp³-hybridized carbons (Fsp3) is 0.214. The van der Waals surface area contributed by atoms with Crippen molar-refractivity contribution >= 4 is 15.9 Å². The van der Waals surface area contributed by atoms with Gasteiger partial charge in [0.15, 0.2) is 0 Å². The third-order valence-electron chi connectivity index (χ3n) is 2.97. The second-order valence-electron chi connectivity index (χ2n) is 4.17. The van der Waals surface area contributed by atoms with Gasteiger partial charge in [-0.15, -0.1) is 0 Å². The monoisotopic (exact) mass is 321 g/mol. The molecule has 0 radical (unpaired) electrons.